The van der Waals surface area contributed by atoms with Crippen LogP contribution in [0.25, 0.3) is 5.53 Å². The molecule has 0 radical (unpaired) electrons. The molecule has 0 aliphatic heterocycles. The Morgan fingerprint density at radius 1 is 1.25 bits per heavy atom. The Morgan fingerprint density at radius 2 is 1.96 bits per heavy atom. The summed E-state index contributed by atoms with van der Waals surface area (Å²) in [5.41, 5.74) is 9.48. The Kier molecular flexibility index (Phi) is 11.0. The fraction of sp³-hybridized carbons (Fsp3) is 0.474. The zero-order chi connectivity index (χ0) is 20.8. The highest BCUT2D eigenvalue weighted by molar-refractivity contribution is 6.25. The highest BCUT2D eigenvalue weighted by Gasteiger charge is 2.25. The fourth-order valence-electron chi connectivity index (χ4n) is 2.21. The van der Waals surface area contributed by atoms with Crippen molar-refractivity contribution in [2.24, 2.45) is 0 Å². The van der Waals surface area contributed by atoms with Gasteiger partial charge in [0, 0.05) is 26.6 Å². The zero-order valence-corrected chi connectivity index (χ0v) is 16.1. The molecule has 0 aliphatic rings. The second kappa shape index (κ2) is 13.3. The van der Waals surface area contributed by atoms with Gasteiger partial charge in [0.2, 0.25) is 11.7 Å². The monoisotopic (exact) mass is 390 g/mol. The van der Waals surface area contributed by atoms with Gasteiger partial charge in [-0.25, -0.2) is 4.79 Å². The highest BCUT2D eigenvalue weighted by atomic mass is 16.5. The van der Waals surface area contributed by atoms with Gasteiger partial charge < -0.3 is 25.6 Å². The summed E-state index contributed by atoms with van der Waals surface area (Å²) >= 11 is 0. The van der Waals surface area contributed by atoms with Crippen molar-refractivity contribution in [2.75, 3.05) is 20.3 Å². The number of methoxy groups -OCH3 is 1. The van der Waals surface area contributed by atoms with Crippen molar-refractivity contribution >= 4 is 23.9 Å². The molecule has 0 bridgehead atoms. The number of carbonyl (C=O) groups is 3. The largest absolute Gasteiger partial charge is 0.463 e. The molecule has 1 aromatic carbocycles. The Balaban J connectivity index is 2.48. The molecule has 152 valence electrons. The number of Topliss-reactive ketones (excluding diaryl/α,β-unsaturated/α-hetero) is 1. The van der Waals surface area contributed by atoms with Gasteiger partial charge in [-0.2, -0.15) is 4.79 Å². The summed E-state index contributed by atoms with van der Waals surface area (Å²) in [4.78, 5) is 38.4. The second-order valence-electron chi connectivity index (χ2n) is 6.02. The van der Waals surface area contributed by atoms with Crippen LogP contribution in [0.5, 0.6) is 0 Å². The van der Waals surface area contributed by atoms with Crippen molar-refractivity contribution in [1.29, 1.82) is 0 Å². The minimum Gasteiger partial charge on any atom is -0.463 e. The molecule has 0 heterocycles. The topological polar surface area (TPSA) is 130 Å². The number of ketones is 1. The van der Waals surface area contributed by atoms with Crippen molar-refractivity contribution in [3.05, 3.63) is 41.4 Å². The molecule has 1 rings (SSSR count). The number of ether oxygens (including phenoxy) is 2. The molecule has 9 nitrogen and oxygen atoms in total. The van der Waals surface area contributed by atoms with Gasteiger partial charge in [0.25, 0.3) is 0 Å². The maximum absolute atomic E-state index is 12.3. The van der Waals surface area contributed by atoms with E-state index in [9.17, 15) is 14.4 Å². The van der Waals surface area contributed by atoms with E-state index in [0.29, 0.717) is 13.1 Å². The normalized spacial score (nSPS) is 12.4. The summed E-state index contributed by atoms with van der Waals surface area (Å²) in [5, 5.41) is 5.66. The van der Waals surface area contributed by atoms with Crippen molar-refractivity contribution in [2.45, 2.75) is 38.5 Å². The smallest absolute Gasteiger partial charge is 0.328 e. The molecule has 0 spiro atoms. The number of nitrogens with zero attached hydrogens (tertiary/aromatic N) is 2. The van der Waals surface area contributed by atoms with E-state index in [2.05, 4.69) is 15.4 Å². The molecule has 0 aliphatic carbocycles. The van der Waals surface area contributed by atoms with Gasteiger partial charge in [0.15, 0.2) is 0 Å². The number of hydrogen-bond donors (Lipinski definition) is 2. The van der Waals surface area contributed by atoms with Gasteiger partial charge in [-0.1, -0.05) is 30.3 Å². The number of rotatable bonds is 13. The number of carbonyl (C=O) groups excluding carboxylic acids is 3. The number of esters is 1. The summed E-state index contributed by atoms with van der Waals surface area (Å²) in [6.45, 7) is 2.73. The standard InChI is InChI=1S/C19H26N4O5/c1-14(27-2)18(25)23-17(9-8-16(24)13-22-20)19(26)28-11-10-21-12-15-6-4-3-5-7-15/h3-7,13-14,17,21H,8-12H2,1-2H3,(H,23,25)/t14-,17-/m0/s1. The Bertz CT molecular complexity index is 689. The van der Waals surface area contributed by atoms with Crippen LogP contribution in [-0.4, -0.2) is 61.1 Å². The molecule has 0 fully saturated rings. The van der Waals surface area contributed by atoms with E-state index >= 15 is 0 Å². The molecule has 0 aromatic heterocycles. The predicted molar refractivity (Wildman–Crippen MR) is 101 cm³/mol. The molecule has 2 atom stereocenters. The van der Waals surface area contributed by atoms with E-state index in [1.54, 1.807) is 0 Å². The van der Waals surface area contributed by atoms with E-state index in [0.717, 1.165) is 11.8 Å². The Labute approximate surface area is 164 Å². The first kappa shape index (κ1) is 23.2. The average molecular weight is 390 g/mol. The maximum atomic E-state index is 12.3. The van der Waals surface area contributed by atoms with E-state index in [1.807, 2.05) is 30.3 Å². The van der Waals surface area contributed by atoms with Crippen molar-refractivity contribution < 1.29 is 28.6 Å². The predicted octanol–water partition coefficient (Wildman–Crippen LogP) is 0.489. The van der Waals surface area contributed by atoms with Gasteiger partial charge in [-0.3, -0.25) is 9.59 Å². The molecule has 2 N–H and O–H groups in total. The lowest BCUT2D eigenvalue weighted by molar-refractivity contribution is -0.149. The third kappa shape index (κ3) is 9.18. The molecule has 1 aromatic rings. The van der Waals surface area contributed by atoms with Crippen molar-refractivity contribution in [3.8, 4) is 0 Å². The first-order chi connectivity index (χ1) is 13.5. The molecule has 0 unspecified atom stereocenters. The third-order valence-electron chi connectivity index (χ3n) is 3.90. The molecule has 9 heteroatoms. The van der Waals surface area contributed by atoms with Crippen LogP contribution in [-0.2, 0) is 30.4 Å². The minimum absolute atomic E-state index is 0.0172. The van der Waals surface area contributed by atoms with Crippen LogP contribution < -0.4 is 10.6 Å². The number of nitrogens with one attached hydrogen (secondary N) is 2. The lowest BCUT2D eigenvalue weighted by atomic mass is 10.1. The van der Waals surface area contributed by atoms with Crippen molar-refractivity contribution in [3.63, 3.8) is 0 Å². The van der Waals surface area contributed by atoms with Crippen LogP contribution >= 0.6 is 0 Å². The van der Waals surface area contributed by atoms with Gasteiger partial charge in [-0.15, -0.1) is 0 Å². The SMILES string of the molecule is CO[C@@H](C)C(=O)N[C@@H](CCC(=O)C=[N+]=[N-])C(=O)OCCNCc1ccccc1. The number of hydrogen-bond acceptors (Lipinski definition) is 6. The van der Waals surface area contributed by atoms with Gasteiger partial charge in [0.05, 0.1) is 0 Å². The van der Waals surface area contributed by atoms with Crippen LogP contribution in [0, 0.1) is 0 Å². The minimum atomic E-state index is -1.00. The van der Waals surface area contributed by atoms with Crippen LogP contribution in [0.15, 0.2) is 30.3 Å². The highest BCUT2D eigenvalue weighted by Crippen LogP contribution is 2.03. The Hall–Kier alpha value is -2.87. The average Bonchev–Trinajstić information content (AvgIpc) is 2.70. The molecule has 0 saturated carbocycles. The molecular weight excluding hydrogens is 364 g/mol. The van der Waals surface area contributed by atoms with Crippen LogP contribution in [0.1, 0.15) is 25.3 Å². The zero-order valence-electron chi connectivity index (χ0n) is 16.1. The van der Waals surface area contributed by atoms with E-state index in [1.165, 1.54) is 14.0 Å². The molecule has 28 heavy (non-hydrogen) atoms. The van der Waals surface area contributed by atoms with Gasteiger partial charge in [0.1, 0.15) is 18.8 Å². The lowest BCUT2D eigenvalue weighted by Crippen LogP contribution is -2.46. The Morgan fingerprint density at radius 3 is 2.61 bits per heavy atom. The first-order valence-corrected chi connectivity index (χ1v) is 8.92. The van der Waals surface area contributed by atoms with Gasteiger partial charge >= 0.3 is 12.2 Å². The van der Waals surface area contributed by atoms with E-state index in [4.69, 9.17) is 15.0 Å². The maximum Gasteiger partial charge on any atom is 0.328 e. The quantitative estimate of drug-likeness (QED) is 0.166. The fourth-order valence-corrected chi connectivity index (χ4v) is 2.21. The van der Waals surface area contributed by atoms with E-state index in [-0.39, 0.29) is 19.4 Å². The van der Waals surface area contributed by atoms with Crippen LogP contribution in [0.2, 0.25) is 0 Å². The van der Waals surface area contributed by atoms with Crippen LogP contribution in [0.3, 0.4) is 0 Å². The summed E-state index contributed by atoms with van der Waals surface area (Å²) in [6.07, 6.45) is -0.0752. The number of amides is 1. The van der Waals surface area contributed by atoms with Crippen LogP contribution in [0.4, 0.5) is 0 Å². The van der Waals surface area contributed by atoms with Gasteiger partial charge in [-0.05, 0) is 18.9 Å². The summed E-state index contributed by atoms with van der Waals surface area (Å²) in [6, 6.07) is 8.77. The third-order valence-corrected chi connectivity index (χ3v) is 3.90. The lowest BCUT2D eigenvalue weighted by Gasteiger charge is -2.19. The molecular formula is C19H26N4O5. The first-order valence-electron chi connectivity index (χ1n) is 8.92. The second-order valence-corrected chi connectivity index (χ2v) is 6.02. The summed E-state index contributed by atoms with van der Waals surface area (Å²) in [5.74, 6) is -1.61. The molecule has 0 saturated heterocycles. The molecule has 1 amide bonds. The summed E-state index contributed by atoms with van der Waals surface area (Å²) in [7, 11) is 1.37. The van der Waals surface area contributed by atoms with Crippen molar-refractivity contribution in [1.82, 2.24) is 10.6 Å². The number of benzene rings is 1. The summed E-state index contributed by atoms with van der Waals surface area (Å²) < 4.78 is 10.1. The van der Waals surface area contributed by atoms with E-state index < -0.39 is 29.8 Å².